The lowest BCUT2D eigenvalue weighted by molar-refractivity contribution is 0.410. The third-order valence-corrected chi connectivity index (χ3v) is 5.30. The van der Waals surface area contributed by atoms with Crippen molar-refractivity contribution < 1.29 is 0 Å². The van der Waals surface area contributed by atoms with Crippen LogP contribution in [0.2, 0.25) is 0 Å². The molecule has 1 unspecified atom stereocenters. The van der Waals surface area contributed by atoms with Crippen molar-refractivity contribution in [1.82, 2.24) is 14.6 Å². The Morgan fingerprint density at radius 3 is 2.73 bits per heavy atom. The monoisotopic (exact) mass is 299 g/mol. The lowest BCUT2D eigenvalue weighted by Gasteiger charge is -2.28. The molecule has 2 saturated carbocycles. The van der Waals surface area contributed by atoms with Gasteiger partial charge in [0.05, 0.1) is 6.20 Å². The van der Waals surface area contributed by atoms with E-state index in [0.29, 0.717) is 18.0 Å². The first-order chi connectivity index (χ1) is 10.7. The van der Waals surface area contributed by atoms with Gasteiger partial charge in [-0.3, -0.25) is 0 Å². The van der Waals surface area contributed by atoms with Crippen LogP contribution in [0.25, 0.3) is 5.65 Å². The van der Waals surface area contributed by atoms with Crippen molar-refractivity contribution in [2.45, 2.75) is 63.5 Å². The summed E-state index contributed by atoms with van der Waals surface area (Å²) in [5.74, 6) is 2.44. The zero-order valence-corrected chi connectivity index (χ0v) is 13.2. The van der Waals surface area contributed by atoms with Crippen molar-refractivity contribution in [3.8, 4) is 0 Å². The first kappa shape index (κ1) is 14.0. The van der Waals surface area contributed by atoms with E-state index in [9.17, 15) is 0 Å². The van der Waals surface area contributed by atoms with Crippen LogP contribution in [0.1, 0.15) is 57.1 Å². The third-order valence-electron chi connectivity index (χ3n) is 5.30. The van der Waals surface area contributed by atoms with Crippen molar-refractivity contribution in [3.05, 3.63) is 24.0 Å². The molecule has 0 bridgehead atoms. The van der Waals surface area contributed by atoms with Crippen molar-refractivity contribution in [1.29, 1.82) is 0 Å². The van der Waals surface area contributed by atoms with Gasteiger partial charge in [-0.2, -0.15) is 9.61 Å². The van der Waals surface area contributed by atoms with Crippen LogP contribution in [-0.4, -0.2) is 26.7 Å². The first-order valence-corrected chi connectivity index (χ1v) is 8.57. The Kier molecular flexibility index (Phi) is 3.53. The molecule has 0 aromatic carbocycles. The summed E-state index contributed by atoms with van der Waals surface area (Å²) >= 11 is 0. The molecule has 5 heteroatoms. The Labute approximate surface area is 131 Å². The average Bonchev–Trinajstić information content (AvgIpc) is 3.26. The van der Waals surface area contributed by atoms with E-state index in [2.05, 4.69) is 23.4 Å². The van der Waals surface area contributed by atoms with Crippen LogP contribution in [0.4, 0.5) is 5.82 Å². The number of aromatic nitrogens is 3. The predicted octanol–water partition coefficient (Wildman–Crippen LogP) is 2.92. The SMILES string of the molecule is CC(c1cc(NC2CCC(N)CC2)n2nccc2n1)C1CC1. The summed E-state index contributed by atoms with van der Waals surface area (Å²) in [6, 6.07) is 5.08. The van der Waals surface area contributed by atoms with Gasteiger partial charge in [-0.05, 0) is 44.4 Å². The first-order valence-electron chi connectivity index (χ1n) is 8.57. The van der Waals surface area contributed by atoms with Crippen LogP contribution in [0.3, 0.4) is 0 Å². The fourth-order valence-corrected chi connectivity index (χ4v) is 3.58. The van der Waals surface area contributed by atoms with E-state index in [0.717, 1.165) is 43.1 Å². The van der Waals surface area contributed by atoms with E-state index in [1.165, 1.54) is 18.5 Å². The lowest BCUT2D eigenvalue weighted by atomic mass is 9.92. The van der Waals surface area contributed by atoms with Gasteiger partial charge in [0.2, 0.25) is 0 Å². The minimum atomic E-state index is 0.380. The summed E-state index contributed by atoms with van der Waals surface area (Å²) in [6.07, 6.45) is 9.01. The summed E-state index contributed by atoms with van der Waals surface area (Å²) in [6.45, 7) is 2.30. The maximum Gasteiger partial charge on any atom is 0.157 e. The molecule has 0 radical (unpaired) electrons. The van der Waals surface area contributed by atoms with E-state index in [1.807, 2.05) is 16.8 Å². The highest BCUT2D eigenvalue weighted by molar-refractivity contribution is 5.50. The number of hydrogen-bond donors (Lipinski definition) is 2. The van der Waals surface area contributed by atoms with Crippen molar-refractivity contribution >= 4 is 11.5 Å². The highest BCUT2D eigenvalue weighted by Gasteiger charge is 2.30. The number of anilines is 1. The largest absolute Gasteiger partial charge is 0.367 e. The molecule has 118 valence electrons. The van der Waals surface area contributed by atoms with Crippen LogP contribution in [0, 0.1) is 5.92 Å². The zero-order valence-electron chi connectivity index (χ0n) is 13.2. The van der Waals surface area contributed by atoms with E-state index >= 15 is 0 Å². The van der Waals surface area contributed by atoms with Gasteiger partial charge in [0.1, 0.15) is 5.82 Å². The smallest absolute Gasteiger partial charge is 0.157 e. The van der Waals surface area contributed by atoms with Crippen LogP contribution in [0.15, 0.2) is 18.3 Å². The van der Waals surface area contributed by atoms with Crippen LogP contribution in [-0.2, 0) is 0 Å². The normalized spacial score (nSPS) is 27.0. The molecule has 0 saturated heterocycles. The van der Waals surface area contributed by atoms with E-state index in [-0.39, 0.29) is 0 Å². The molecule has 1 atom stereocenters. The molecule has 2 aromatic rings. The zero-order chi connectivity index (χ0) is 15.1. The molecule has 2 aliphatic carbocycles. The fourth-order valence-electron chi connectivity index (χ4n) is 3.58. The number of nitrogens with two attached hydrogens (primary N) is 1. The third kappa shape index (κ3) is 2.70. The van der Waals surface area contributed by atoms with Gasteiger partial charge in [0, 0.05) is 35.8 Å². The summed E-state index contributed by atoms with van der Waals surface area (Å²) < 4.78 is 1.93. The second kappa shape index (κ2) is 5.54. The number of hydrogen-bond acceptors (Lipinski definition) is 4. The topological polar surface area (TPSA) is 68.2 Å². The van der Waals surface area contributed by atoms with Crippen LogP contribution in [0.5, 0.6) is 0 Å². The number of nitrogens with one attached hydrogen (secondary N) is 1. The Balaban J connectivity index is 1.61. The van der Waals surface area contributed by atoms with Crippen molar-refractivity contribution in [2.75, 3.05) is 5.32 Å². The molecular formula is C17H25N5. The van der Waals surface area contributed by atoms with Gasteiger partial charge in [0.15, 0.2) is 5.65 Å². The molecule has 3 N–H and O–H groups in total. The summed E-state index contributed by atoms with van der Waals surface area (Å²) in [5.41, 5.74) is 8.16. The number of nitrogens with zero attached hydrogens (tertiary/aromatic N) is 3. The van der Waals surface area contributed by atoms with Gasteiger partial charge in [-0.25, -0.2) is 4.98 Å². The molecule has 22 heavy (non-hydrogen) atoms. The highest BCUT2D eigenvalue weighted by atomic mass is 15.3. The Morgan fingerprint density at radius 1 is 1.23 bits per heavy atom. The van der Waals surface area contributed by atoms with Gasteiger partial charge in [0.25, 0.3) is 0 Å². The van der Waals surface area contributed by atoms with Gasteiger partial charge >= 0.3 is 0 Å². The van der Waals surface area contributed by atoms with E-state index < -0.39 is 0 Å². The van der Waals surface area contributed by atoms with E-state index in [1.54, 1.807) is 0 Å². The Hall–Kier alpha value is -1.62. The molecule has 0 amide bonds. The average molecular weight is 299 g/mol. The molecular weight excluding hydrogens is 274 g/mol. The fraction of sp³-hybridized carbons (Fsp3) is 0.647. The molecule has 2 aromatic heterocycles. The molecule has 2 heterocycles. The second-order valence-corrected chi connectivity index (χ2v) is 7.05. The van der Waals surface area contributed by atoms with Crippen molar-refractivity contribution in [3.63, 3.8) is 0 Å². The predicted molar refractivity (Wildman–Crippen MR) is 88.0 cm³/mol. The van der Waals surface area contributed by atoms with Crippen LogP contribution >= 0.6 is 0 Å². The highest BCUT2D eigenvalue weighted by Crippen LogP contribution is 2.42. The number of rotatable bonds is 4. The molecule has 2 aliphatic rings. The maximum atomic E-state index is 6.01. The lowest BCUT2D eigenvalue weighted by Crippen LogP contribution is -2.33. The summed E-state index contributed by atoms with van der Waals surface area (Å²) in [7, 11) is 0. The van der Waals surface area contributed by atoms with Crippen molar-refractivity contribution in [2.24, 2.45) is 11.7 Å². The summed E-state index contributed by atoms with van der Waals surface area (Å²) in [5, 5.41) is 8.12. The van der Waals surface area contributed by atoms with Crippen LogP contribution < -0.4 is 11.1 Å². The Bertz CT molecular complexity index is 652. The minimum absolute atomic E-state index is 0.380. The molecule has 5 nitrogen and oxygen atoms in total. The van der Waals surface area contributed by atoms with Gasteiger partial charge in [-0.15, -0.1) is 0 Å². The quantitative estimate of drug-likeness (QED) is 0.911. The molecule has 0 spiro atoms. The minimum Gasteiger partial charge on any atom is -0.367 e. The van der Waals surface area contributed by atoms with Gasteiger partial charge < -0.3 is 11.1 Å². The molecule has 2 fully saturated rings. The van der Waals surface area contributed by atoms with Gasteiger partial charge in [-0.1, -0.05) is 6.92 Å². The Morgan fingerprint density at radius 2 is 2.00 bits per heavy atom. The van der Waals surface area contributed by atoms with E-state index in [4.69, 9.17) is 10.7 Å². The number of fused-ring (bicyclic) bond motifs is 1. The molecule has 0 aliphatic heterocycles. The summed E-state index contributed by atoms with van der Waals surface area (Å²) in [4.78, 5) is 4.80. The second-order valence-electron chi connectivity index (χ2n) is 7.05. The molecule has 4 rings (SSSR count). The maximum absolute atomic E-state index is 6.01. The standard InChI is InChI=1S/C17H25N5/c1-11(12-2-3-12)15-10-17(22-16(21-15)8-9-19-22)20-14-6-4-13(18)5-7-14/h8-14,20H,2-7,18H2,1H3.